The van der Waals surface area contributed by atoms with Crippen LogP contribution in [0, 0.1) is 0 Å². The fourth-order valence-electron chi connectivity index (χ4n) is 1.17. The molecule has 0 amide bonds. The second-order valence-corrected chi connectivity index (χ2v) is 3.03. The Bertz CT molecular complexity index is 189. The number of ether oxygens (including phenoxy) is 2. The van der Waals surface area contributed by atoms with Crippen molar-refractivity contribution >= 4 is 11.9 Å². The highest BCUT2D eigenvalue weighted by atomic mass is 16.6. The smallest absolute Gasteiger partial charge is 0.309 e. The zero-order valence-electron chi connectivity index (χ0n) is 9.04. The molecule has 0 aromatic heterocycles. The molecule has 14 heavy (non-hydrogen) atoms. The summed E-state index contributed by atoms with van der Waals surface area (Å²) in [6, 6.07) is 0. The predicted molar refractivity (Wildman–Crippen MR) is 51.7 cm³/mol. The summed E-state index contributed by atoms with van der Waals surface area (Å²) in [6.07, 6.45) is 1.38. The van der Waals surface area contributed by atoms with Gasteiger partial charge in [-0.3, -0.25) is 9.59 Å². The Morgan fingerprint density at radius 1 is 1.29 bits per heavy atom. The van der Waals surface area contributed by atoms with Gasteiger partial charge in [-0.1, -0.05) is 13.3 Å². The molecule has 0 bridgehead atoms. The third-order valence-corrected chi connectivity index (χ3v) is 1.64. The van der Waals surface area contributed by atoms with Crippen LogP contribution in [-0.4, -0.2) is 24.6 Å². The molecule has 0 radical (unpaired) electrons. The average Bonchev–Trinajstić information content (AvgIpc) is 2.03. The van der Waals surface area contributed by atoms with Crippen LogP contribution in [-0.2, 0) is 19.1 Å². The summed E-state index contributed by atoms with van der Waals surface area (Å²) in [5.41, 5.74) is 0. The highest BCUT2D eigenvalue weighted by Crippen LogP contribution is 2.08. The predicted octanol–water partition coefficient (Wildman–Crippen LogP) is 1.67. The maximum Gasteiger partial charge on any atom is 0.309 e. The zero-order chi connectivity index (χ0) is 11.0. The van der Waals surface area contributed by atoms with Crippen LogP contribution < -0.4 is 0 Å². The SMILES string of the molecule is CCCC(CC(=O)OCC)OC(C)=O. The molecule has 0 N–H and O–H groups in total. The molecular weight excluding hydrogens is 184 g/mol. The Balaban J connectivity index is 3.94. The zero-order valence-corrected chi connectivity index (χ0v) is 9.04. The van der Waals surface area contributed by atoms with E-state index in [9.17, 15) is 9.59 Å². The summed E-state index contributed by atoms with van der Waals surface area (Å²) in [7, 11) is 0. The quantitative estimate of drug-likeness (QED) is 0.615. The Kier molecular flexibility index (Phi) is 6.80. The standard InChI is InChI=1S/C10H18O4/c1-4-6-9(14-8(3)11)7-10(12)13-5-2/h9H,4-7H2,1-3H3. The Hall–Kier alpha value is -1.06. The molecule has 0 aliphatic rings. The van der Waals surface area contributed by atoms with Crippen LogP contribution in [0.1, 0.15) is 40.0 Å². The van der Waals surface area contributed by atoms with E-state index in [0.29, 0.717) is 13.0 Å². The largest absolute Gasteiger partial charge is 0.466 e. The van der Waals surface area contributed by atoms with E-state index in [-0.39, 0.29) is 24.5 Å². The van der Waals surface area contributed by atoms with E-state index < -0.39 is 0 Å². The lowest BCUT2D eigenvalue weighted by molar-refractivity contribution is -0.153. The minimum absolute atomic E-state index is 0.154. The molecule has 0 aromatic carbocycles. The van der Waals surface area contributed by atoms with Crippen LogP contribution in [0.25, 0.3) is 0 Å². The van der Waals surface area contributed by atoms with E-state index in [2.05, 4.69) is 0 Å². The van der Waals surface area contributed by atoms with Gasteiger partial charge in [0, 0.05) is 6.92 Å². The summed E-state index contributed by atoms with van der Waals surface area (Å²) in [5, 5.41) is 0. The van der Waals surface area contributed by atoms with Gasteiger partial charge in [0.2, 0.25) is 0 Å². The molecule has 0 fully saturated rings. The van der Waals surface area contributed by atoms with Gasteiger partial charge in [0.05, 0.1) is 13.0 Å². The van der Waals surface area contributed by atoms with E-state index >= 15 is 0 Å². The maximum absolute atomic E-state index is 11.1. The van der Waals surface area contributed by atoms with Crippen LogP contribution >= 0.6 is 0 Å². The van der Waals surface area contributed by atoms with Crippen LogP contribution in [0.2, 0.25) is 0 Å². The minimum atomic E-state index is -0.354. The minimum Gasteiger partial charge on any atom is -0.466 e. The van der Waals surface area contributed by atoms with Gasteiger partial charge < -0.3 is 9.47 Å². The first-order valence-corrected chi connectivity index (χ1v) is 4.93. The van der Waals surface area contributed by atoms with Crippen molar-refractivity contribution in [2.75, 3.05) is 6.61 Å². The van der Waals surface area contributed by atoms with Gasteiger partial charge in [-0.15, -0.1) is 0 Å². The Morgan fingerprint density at radius 3 is 2.36 bits per heavy atom. The van der Waals surface area contributed by atoms with Gasteiger partial charge in [0.25, 0.3) is 0 Å². The van der Waals surface area contributed by atoms with Crippen LogP contribution in [0.3, 0.4) is 0 Å². The fourth-order valence-corrected chi connectivity index (χ4v) is 1.17. The number of hydrogen-bond donors (Lipinski definition) is 0. The van der Waals surface area contributed by atoms with Crippen LogP contribution in [0.4, 0.5) is 0 Å². The molecule has 82 valence electrons. The molecule has 0 aliphatic carbocycles. The average molecular weight is 202 g/mol. The molecule has 0 saturated carbocycles. The normalized spacial score (nSPS) is 11.9. The molecule has 0 saturated heterocycles. The number of rotatable bonds is 6. The third-order valence-electron chi connectivity index (χ3n) is 1.64. The van der Waals surface area contributed by atoms with Crippen molar-refractivity contribution in [2.24, 2.45) is 0 Å². The molecular formula is C10H18O4. The highest BCUT2D eigenvalue weighted by molar-refractivity contribution is 5.71. The molecule has 0 spiro atoms. The van der Waals surface area contributed by atoms with Crippen molar-refractivity contribution in [3.8, 4) is 0 Å². The second kappa shape index (κ2) is 7.35. The Morgan fingerprint density at radius 2 is 1.93 bits per heavy atom. The summed E-state index contributed by atoms with van der Waals surface area (Å²) < 4.78 is 9.74. The van der Waals surface area contributed by atoms with Crippen molar-refractivity contribution in [1.82, 2.24) is 0 Å². The first-order chi connectivity index (χ1) is 6.60. The molecule has 0 rings (SSSR count). The van der Waals surface area contributed by atoms with Crippen molar-refractivity contribution in [2.45, 2.75) is 46.1 Å². The van der Waals surface area contributed by atoms with Gasteiger partial charge >= 0.3 is 11.9 Å². The van der Waals surface area contributed by atoms with E-state index in [1.165, 1.54) is 6.92 Å². The monoisotopic (exact) mass is 202 g/mol. The first kappa shape index (κ1) is 12.9. The first-order valence-electron chi connectivity index (χ1n) is 4.93. The molecule has 1 unspecified atom stereocenters. The molecule has 0 aromatic rings. The number of esters is 2. The molecule has 1 atom stereocenters. The third kappa shape index (κ3) is 6.46. The van der Waals surface area contributed by atoms with Crippen molar-refractivity contribution in [3.05, 3.63) is 0 Å². The molecule has 0 aliphatic heterocycles. The van der Waals surface area contributed by atoms with E-state index in [1.807, 2.05) is 6.92 Å². The summed E-state index contributed by atoms with van der Waals surface area (Å²) >= 11 is 0. The molecule has 0 heterocycles. The topological polar surface area (TPSA) is 52.6 Å². The van der Waals surface area contributed by atoms with E-state index in [4.69, 9.17) is 9.47 Å². The molecule has 4 nitrogen and oxygen atoms in total. The van der Waals surface area contributed by atoms with Crippen LogP contribution in [0.15, 0.2) is 0 Å². The van der Waals surface area contributed by atoms with Crippen molar-refractivity contribution in [3.63, 3.8) is 0 Å². The van der Waals surface area contributed by atoms with Crippen LogP contribution in [0.5, 0.6) is 0 Å². The van der Waals surface area contributed by atoms with Gasteiger partial charge in [-0.2, -0.15) is 0 Å². The fraction of sp³-hybridized carbons (Fsp3) is 0.800. The maximum atomic E-state index is 11.1. The second-order valence-electron chi connectivity index (χ2n) is 3.03. The summed E-state index contributed by atoms with van der Waals surface area (Å²) in [4.78, 5) is 21.8. The summed E-state index contributed by atoms with van der Waals surface area (Å²) in [6.45, 7) is 5.42. The lowest BCUT2D eigenvalue weighted by atomic mass is 10.1. The van der Waals surface area contributed by atoms with Gasteiger partial charge in [0.15, 0.2) is 0 Å². The Labute approximate surface area is 84.6 Å². The van der Waals surface area contributed by atoms with Crippen molar-refractivity contribution in [1.29, 1.82) is 0 Å². The van der Waals surface area contributed by atoms with Gasteiger partial charge in [0.1, 0.15) is 6.10 Å². The van der Waals surface area contributed by atoms with E-state index in [0.717, 1.165) is 6.42 Å². The van der Waals surface area contributed by atoms with Gasteiger partial charge in [-0.05, 0) is 13.3 Å². The van der Waals surface area contributed by atoms with Crippen molar-refractivity contribution < 1.29 is 19.1 Å². The highest BCUT2D eigenvalue weighted by Gasteiger charge is 2.16. The number of carbonyl (C=O) groups is 2. The van der Waals surface area contributed by atoms with Gasteiger partial charge in [-0.25, -0.2) is 0 Å². The lowest BCUT2D eigenvalue weighted by Crippen LogP contribution is -2.21. The summed E-state index contributed by atoms with van der Waals surface area (Å²) in [5.74, 6) is -0.667. The number of carbonyl (C=O) groups excluding carboxylic acids is 2. The lowest BCUT2D eigenvalue weighted by Gasteiger charge is -2.14. The number of hydrogen-bond acceptors (Lipinski definition) is 4. The van der Waals surface area contributed by atoms with E-state index in [1.54, 1.807) is 6.92 Å². The molecule has 4 heteroatoms.